The van der Waals surface area contributed by atoms with Crippen LogP contribution in [-0.2, 0) is 0 Å². The molecule has 0 aliphatic carbocycles. The van der Waals surface area contributed by atoms with Crippen LogP contribution in [0.3, 0.4) is 0 Å². The third-order valence-corrected chi connectivity index (χ3v) is 14.0. The van der Waals surface area contributed by atoms with Crippen molar-refractivity contribution in [3.05, 3.63) is 257 Å². The zero-order valence-corrected chi connectivity index (χ0v) is 40.1. The molecule has 8 nitrogen and oxygen atoms in total. The van der Waals surface area contributed by atoms with Gasteiger partial charge in [0.25, 0.3) is 0 Å². The molecule has 0 bridgehead atoms. The van der Waals surface area contributed by atoms with Crippen LogP contribution in [0.15, 0.2) is 200 Å². The average molecular weight is 953 g/mol. The van der Waals surface area contributed by atoms with Gasteiger partial charge in [0.2, 0.25) is 0 Å². The van der Waals surface area contributed by atoms with Gasteiger partial charge < -0.3 is 9.13 Å². The molecule has 0 fully saturated rings. The lowest BCUT2D eigenvalue weighted by molar-refractivity contribution is 1.10. The highest BCUT2D eigenvalue weighted by Crippen LogP contribution is 2.46. The molecular formula is C67H36N8. The number of hydrogen-bond acceptors (Lipinski definition) is 3. The molecule has 0 aliphatic heterocycles. The maximum absolute atomic E-state index is 10.3. The molecule has 0 aliphatic rings. The SMILES string of the molecule is [C-]#[N+]c1cccc(-c2ccc3c4ccc(-c5cccc([N+]#[C-])c5)cc4n(-c4cc([N+]#[C-])c(-c5cc(C)cc(C#N)c5)cc4-n4c5cc(-c6cccc(C#N)c6)ccc5c5ccc(-c6cccc(C#N)c6)cc54)c3c2)c1. The number of aryl methyl sites for hydroxylation is 1. The van der Waals surface area contributed by atoms with Crippen molar-refractivity contribution < 1.29 is 0 Å². The first kappa shape index (κ1) is 44.9. The predicted molar refractivity (Wildman–Crippen MR) is 300 cm³/mol. The Hall–Kier alpha value is -11.3. The Bertz CT molecular complexity index is 4470. The minimum absolute atomic E-state index is 0.379. The highest BCUT2D eigenvalue weighted by Gasteiger charge is 2.24. The normalized spacial score (nSPS) is 10.9. The Kier molecular flexibility index (Phi) is 10.9. The lowest BCUT2D eigenvalue weighted by Crippen LogP contribution is -2.05. The summed E-state index contributed by atoms with van der Waals surface area (Å²) in [6.07, 6.45) is 0. The number of fused-ring (bicyclic) bond motifs is 6. The summed E-state index contributed by atoms with van der Waals surface area (Å²) in [6, 6.07) is 72.4. The molecular weight excluding hydrogens is 917 g/mol. The van der Waals surface area contributed by atoms with Gasteiger partial charge in [0.15, 0.2) is 17.1 Å². The molecule has 10 aromatic carbocycles. The van der Waals surface area contributed by atoms with Gasteiger partial charge in [0.05, 0.1) is 88.1 Å². The zero-order valence-electron chi connectivity index (χ0n) is 40.1. The molecule has 0 unspecified atom stereocenters. The summed E-state index contributed by atoms with van der Waals surface area (Å²) in [6.45, 7) is 26.5. The highest BCUT2D eigenvalue weighted by atomic mass is 15.1. The summed E-state index contributed by atoms with van der Waals surface area (Å²) >= 11 is 0. The van der Waals surface area contributed by atoms with E-state index in [1.165, 1.54) is 0 Å². The first-order valence-corrected chi connectivity index (χ1v) is 24.0. The maximum Gasteiger partial charge on any atom is 0.197 e. The van der Waals surface area contributed by atoms with Crippen molar-refractivity contribution in [3.8, 4) is 85.2 Å². The van der Waals surface area contributed by atoms with E-state index < -0.39 is 0 Å². The van der Waals surface area contributed by atoms with Crippen LogP contribution in [-0.4, -0.2) is 9.13 Å². The van der Waals surface area contributed by atoms with Gasteiger partial charge >= 0.3 is 0 Å². The Labute approximate surface area is 432 Å². The summed E-state index contributed by atoms with van der Waals surface area (Å²) in [5, 5.41) is 34.1. The number of hydrogen-bond donors (Lipinski definition) is 0. The number of rotatable bonds is 7. The fourth-order valence-corrected chi connectivity index (χ4v) is 10.6. The Morgan fingerprint density at radius 3 is 1.12 bits per heavy atom. The molecule has 12 rings (SSSR count). The molecule has 12 aromatic rings. The molecule has 344 valence electrons. The fourth-order valence-electron chi connectivity index (χ4n) is 10.6. The van der Waals surface area contributed by atoms with Crippen molar-refractivity contribution in [3.63, 3.8) is 0 Å². The van der Waals surface area contributed by atoms with Gasteiger partial charge in [0.1, 0.15) is 0 Å². The quantitative estimate of drug-likeness (QED) is 0.149. The Morgan fingerprint density at radius 2 is 0.720 bits per heavy atom. The minimum Gasteiger partial charge on any atom is -0.308 e. The first-order valence-electron chi connectivity index (χ1n) is 24.0. The Morgan fingerprint density at radius 1 is 0.347 bits per heavy atom. The van der Waals surface area contributed by atoms with Crippen molar-refractivity contribution >= 4 is 60.7 Å². The van der Waals surface area contributed by atoms with E-state index in [9.17, 15) is 15.8 Å². The molecule has 8 heteroatoms. The van der Waals surface area contributed by atoms with Crippen LogP contribution in [0.1, 0.15) is 22.3 Å². The lowest BCUT2D eigenvalue weighted by Gasteiger charge is -2.21. The first-order chi connectivity index (χ1) is 36.7. The van der Waals surface area contributed by atoms with Gasteiger partial charge in [-0.05, 0) is 153 Å². The molecule has 0 saturated carbocycles. The van der Waals surface area contributed by atoms with Crippen LogP contribution in [0.2, 0.25) is 0 Å². The molecule has 0 spiro atoms. The molecule has 0 radical (unpaired) electrons. The van der Waals surface area contributed by atoms with E-state index in [0.29, 0.717) is 45.0 Å². The van der Waals surface area contributed by atoms with Crippen molar-refractivity contribution in [2.75, 3.05) is 0 Å². The average Bonchev–Trinajstić information content (AvgIpc) is 4.05. The third-order valence-electron chi connectivity index (χ3n) is 14.0. The molecule has 0 atom stereocenters. The summed E-state index contributed by atoms with van der Waals surface area (Å²) in [7, 11) is 0. The molecule has 2 heterocycles. The topological polar surface area (TPSA) is 94.3 Å². The maximum atomic E-state index is 10.3. The summed E-state index contributed by atoms with van der Waals surface area (Å²) in [4.78, 5) is 11.7. The van der Waals surface area contributed by atoms with Crippen molar-refractivity contribution in [2.24, 2.45) is 0 Å². The van der Waals surface area contributed by atoms with E-state index in [0.717, 1.165) is 105 Å². The smallest absolute Gasteiger partial charge is 0.197 e. The van der Waals surface area contributed by atoms with E-state index in [4.69, 9.17) is 19.7 Å². The third kappa shape index (κ3) is 7.76. The van der Waals surface area contributed by atoms with Crippen molar-refractivity contribution in [1.29, 1.82) is 15.8 Å². The van der Waals surface area contributed by atoms with Crippen LogP contribution in [0.25, 0.3) is 125 Å². The second-order valence-electron chi connectivity index (χ2n) is 18.5. The number of nitrogens with zero attached hydrogens (tertiary/aromatic N) is 8. The van der Waals surface area contributed by atoms with E-state index in [1.54, 1.807) is 24.3 Å². The zero-order chi connectivity index (χ0) is 51.3. The predicted octanol–water partition coefficient (Wildman–Crippen LogP) is 17.8. The Balaban J connectivity index is 1.27. The monoisotopic (exact) mass is 952 g/mol. The lowest BCUT2D eigenvalue weighted by atomic mass is 9.97. The van der Waals surface area contributed by atoms with Gasteiger partial charge in [-0.25, -0.2) is 14.5 Å². The van der Waals surface area contributed by atoms with E-state index >= 15 is 0 Å². The molecule has 2 aromatic heterocycles. The van der Waals surface area contributed by atoms with E-state index in [-0.39, 0.29) is 0 Å². The van der Waals surface area contributed by atoms with Crippen LogP contribution in [0, 0.1) is 60.6 Å². The second-order valence-corrected chi connectivity index (χ2v) is 18.5. The summed E-state index contributed by atoms with van der Waals surface area (Å²) in [5.41, 5.74) is 17.2. The minimum atomic E-state index is 0.379. The van der Waals surface area contributed by atoms with Crippen LogP contribution >= 0.6 is 0 Å². The van der Waals surface area contributed by atoms with E-state index in [2.05, 4.69) is 121 Å². The molecule has 75 heavy (non-hydrogen) atoms. The van der Waals surface area contributed by atoms with Gasteiger partial charge in [-0.3, -0.25) is 0 Å². The van der Waals surface area contributed by atoms with Gasteiger partial charge in [-0.1, -0.05) is 115 Å². The van der Waals surface area contributed by atoms with Gasteiger partial charge in [0, 0.05) is 21.5 Å². The van der Waals surface area contributed by atoms with Crippen LogP contribution < -0.4 is 0 Å². The van der Waals surface area contributed by atoms with Crippen LogP contribution in [0.5, 0.6) is 0 Å². The number of benzene rings is 10. The summed E-state index contributed by atoms with van der Waals surface area (Å²) in [5.74, 6) is 0. The van der Waals surface area contributed by atoms with Gasteiger partial charge in [-0.2, -0.15) is 15.8 Å². The molecule has 0 N–H and O–H groups in total. The summed E-state index contributed by atoms with van der Waals surface area (Å²) < 4.78 is 4.50. The number of nitriles is 3. The fraction of sp³-hybridized carbons (Fsp3) is 0.0149. The second kappa shape index (κ2) is 18.2. The molecule has 0 saturated heterocycles. The largest absolute Gasteiger partial charge is 0.308 e. The van der Waals surface area contributed by atoms with E-state index in [1.807, 2.05) is 104 Å². The highest BCUT2D eigenvalue weighted by molar-refractivity contribution is 6.14. The van der Waals surface area contributed by atoms with Crippen LogP contribution in [0.4, 0.5) is 17.1 Å². The molecule has 0 amide bonds. The van der Waals surface area contributed by atoms with Crippen molar-refractivity contribution in [2.45, 2.75) is 6.92 Å². The van der Waals surface area contributed by atoms with Crippen molar-refractivity contribution in [1.82, 2.24) is 9.13 Å². The van der Waals surface area contributed by atoms with Gasteiger partial charge in [-0.15, -0.1) is 0 Å². The standard InChI is InChI=1S/C67H36N8/c1-41-25-44(40-70)29-53(26-41)60-36-66(74-62-32-49(45-11-5-9-42(27-45)38-68)17-21-56(62)57-22-18-50(33-63(57)74)46-12-6-10-43(28-46)39-69)67(37-61(60)73-4)75-64-34-51(47-13-7-15-54(30-47)71-2)19-23-58(64)59-24-20-52(35-65(59)75)48-14-8-16-55(31-48)72-3/h5-37H,1H3. The number of aromatic nitrogens is 2.